The van der Waals surface area contributed by atoms with Crippen LogP contribution in [0.5, 0.6) is 0 Å². The molecule has 3 heterocycles. The number of amides is 2. The Morgan fingerprint density at radius 2 is 2.00 bits per heavy atom. The van der Waals surface area contributed by atoms with Gasteiger partial charge in [0.05, 0.1) is 28.1 Å². The van der Waals surface area contributed by atoms with Gasteiger partial charge in [0.2, 0.25) is 5.91 Å². The average molecular weight is 420 g/mol. The summed E-state index contributed by atoms with van der Waals surface area (Å²) in [4.78, 5) is 29.5. The van der Waals surface area contributed by atoms with Crippen molar-refractivity contribution in [3.8, 4) is 16.9 Å². The molecule has 1 aromatic carbocycles. The van der Waals surface area contributed by atoms with Gasteiger partial charge in [0, 0.05) is 18.0 Å². The third-order valence-electron chi connectivity index (χ3n) is 4.17. The van der Waals surface area contributed by atoms with E-state index in [4.69, 9.17) is 23.2 Å². The molecule has 1 fully saturated rings. The highest BCUT2D eigenvalue weighted by molar-refractivity contribution is 6.31. The van der Waals surface area contributed by atoms with E-state index in [9.17, 15) is 14.0 Å². The van der Waals surface area contributed by atoms with Gasteiger partial charge in [-0.1, -0.05) is 23.2 Å². The monoisotopic (exact) mass is 419 g/mol. The zero-order chi connectivity index (χ0) is 19.8. The molecule has 10 heteroatoms. The minimum atomic E-state index is -0.568. The van der Waals surface area contributed by atoms with E-state index in [1.54, 1.807) is 18.3 Å². The summed E-state index contributed by atoms with van der Waals surface area (Å²) in [7, 11) is 0. The second kappa shape index (κ2) is 7.21. The van der Waals surface area contributed by atoms with Crippen LogP contribution in [-0.4, -0.2) is 44.7 Å². The molecule has 0 bridgehead atoms. The van der Waals surface area contributed by atoms with Gasteiger partial charge in [0.15, 0.2) is 5.69 Å². The number of hydrogen-bond acceptors (Lipinski definition) is 4. The quantitative estimate of drug-likeness (QED) is 0.707. The Morgan fingerprint density at radius 1 is 1.18 bits per heavy atom. The van der Waals surface area contributed by atoms with Crippen molar-refractivity contribution < 1.29 is 14.0 Å². The number of nitrogens with one attached hydrogen (secondary N) is 1. The Balaban J connectivity index is 1.83. The SMILES string of the molecule is O=C1CN(C(=O)c2cc(-c3cncc(Cl)c3)n(-c3ccc(F)c(Cl)c3)n2)CN1. The van der Waals surface area contributed by atoms with Crippen LogP contribution in [0.1, 0.15) is 10.5 Å². The van der Waals surface area contributed by atoms with Crippen molar-refractivity contribution in [1.29, 1.82) is 0 Å². The van der Waals surface area contributed by atoms with Crippen LogP contribution in [0.2, 0.25) is 10.0 Å². The van der Waals surface area contributed by atoms with E-state index in [1.807, 2.05) is 0 Å². The van der Waals surface area contributed by atoms with E-state index >= 15 is 0 Å². The van der Waals surface area contributed by atoms with Gasteiger partial charge >= 0.3 is 0 Å². The maximum atomic E-state index is 13.6. The number of rotatable bonds is 3. The normalized spacial score (nSPS) is 13.7. The van der Waals surface area contributed by atoms with Gasteiger partial charge in [-0.2, -0.15) is 5.10 Å². The van der Waals surface area contributed by atoms with Crippen molar-refractivity contribution in [1.82, 2.24) is 25.0 Å². The van der Waals surface area contributed by atoms with Crippen molar-refractivity contribution in [2.75, 3.05) is 13.2 Å². The maximum absolute atomic E-state index is 13.6. The van der Waals surface area contributed by atoms with Crippen LogP contribution in [0.25, 0.3) is 16.9 Å². The fourth-order valence-electron chi connectivity index (χ4n) is 2.83. The maximum Gasteiger partial charge on any atom is 0.276 e. The van der Waals surface area contributed by atoms with Gasteiger partial charge in [0.25, 0.3) is 5.91 Å². The highest BCUT2D eigenvalue weighted by Crippen LogP contribution is 2.28. The highest BCUT2D eigenvalue weighted by atomic mass is 35.5. The van der Waals surface area contributed by atoms with Gasteiger partial charge in [-0.25, -0.2) is 9.07 Å². The summed E-state index contributed by atoms with van der Waals surface area (Å²) in [5, 5.41) is 7.26. The van der Waals surface area contributed by atoms with E-state index in [0.29, 0.717) is 22.0 Å². The number of hydrogen-bond donors (Lipinski definition) is 1. The first-order valence-corrected chi connectivity index (χ1v) is 8.90. The molecule has 0 saturated carbocycles. The molecular formula is C18H12Cl2FN5O2. The molecule has 4 rings (SSSR count). The van der Waals surface area contributed by atoms with Crippen LogP contribution in [0.3, 0.4) is 0 Å². The largest absolute Gasteiger partial charge is 0.337 e. The van der Waals surface area contributed by atoms with Crippen LogP contribution < -0.4 is 5.32 Å². The lowest BCUT2D eigenvalue weighted by molar-refractivity contribution is -0.118. The average Bonchev–Trinajstić information content (AvgIpc) is 3.30. The molecule has 2 amide bonds. The third-order valence-corrected chi connectivity index (χ3v) is 4.66. The predicted molar refractivity (Wildman–Crippen MR) is 101 cm³/mol. The first-order valence-electron chi connectivity index (χ1n) is 8.15. The molecule has 2 aromatic heterocycles. The van der Waals surface area contributed by atoms with Gasteiger partial charge in [-0.3, -0.25) is 14.6 Å². The number of pyridine rings is 1. The molecular weight excluding hydrogens is 408 g/mol. The van der Waals surface area contributed by atoms with Gasteiger partial charge in [0.1, 0.15) is 12.4 Å². The smallest absolute Gasteiger partial charge is 0.276 e. The number of carbonyl (C=O) groups is 2. The van der Waals surface area contributed by atoms with Gasteiger partial charge in [-0.05, 0) is 30.3 Å². The molecule has 0 aliphatic carbocycles. The first kappa shape index (κ1) is 18.4. The summed E-state index contributed by atoms with van der Waals surface area (Å²) < 4.78 is 15.0. The molecule has 28 heavy (non-hydrogen) atoms. The second-order valence-electron chi connectivity index (χ2n) is 6.08. The number of aromatic nitrogens is 3. The van der Waals surface area contributed by atoms with Crippen LogP contribution in [-0.2, 0) is 4.79 Å². The van der Waals surface area contributed by atoms with Crippen molar-refractivity contribution in [2.24, 2.45) is 0 Å². The molecule has 1 N–H and O–H groups in total. The van der Waals surface area contributed by atoms with Crippen molar-refractivity contribution in [2.45, 2.75) is 0 Å². The van der Waals surface area contributed by atoms with Crippen LogP contribution in [0.4, 0.5) is 4.39 Å². The topological polar surface area (TPSA) is 80.1 Å². The molecule has 0 atom stereocenters. The molecule has 3 aromatic rings. The summed E-state index contributed by atoms with van der Waals surface area (Å²) in [6.45, 7) is 0.0725. The summed E-state index contributed by atoms with van der Waals surface area (Å²) in [6, 6.07) is 7.34. The van der Waals surface area contributed by atoms with E-state index < -0.39 is 11.7 Å². The van der Waals surface area contributed by atoms with E-state index in [2.05, 4.69) is 15.4 Å². The lowest BCUT2D eigenvalue weighted by atomic mass is 10.2. The fraction of sp³-hybridized carbons (Fsp3) is 0.111. The Morgan fingerprint density at radius 3 is 2.68 bits per heavy atom. The summed E-state index contributed by atoms with van der Waals surface area (Å²) in [5.41, 5.74) is 1.69. The zero-order valence-corrected chi connectivity index (χ0v) is 15.7. The van der Waals surface area contributed by atoms with Crippen LogP contribution in [0.15, 0.2) is 42.7 Å². The Labute approximate surface area is 168 Å². The minimum absolute atomic E-state index is 0.0396. The first-order chi connectivity index (χ1) is 13.4. The lowest BCUT2D eigenvalue weighted by Crippen LogP contribution is -2.30. The highest BCUT2D eigenvalue weighted by Gasteiger charge is 2.27. The molecule has 0 spiro atoms. The summed E-state index contributed by atoms with van der Waals surface area (Å²) >= 11 is 12.0. The minimum Gasteiger partial charge on any atom is -0.337 e. The van der Waals surface area contributed by atoms with E-state index in [-0.39, 0.29) is 29.8 Å². The Bertz CT molecular complexity index is 1100. The molecule has 142 valence electrons. The number of carbonyl (C=O) groups excluding carboxylic acids is 2. The second-order valence-corrected chi connectivity index (χ2v) is 6.92. The molecule has 0 radical (unpaired) electrons. The Hall–Kier alpha value is -2.97. The standard InChI is InChI=1S/C18H12Cl2FN5O2/c19-11-3-10(6-22-7-11)16-5-15(18(28)25-8-17(27)23-9-25)24-26(16)12-1-2-14(21)13(20)4-12/h1-7H,8-9H2,(H,23,27). The summed E-state index contributed by atoms with van der Waals surface area (Å²) in [5.74, 6) is -1.22. The van der Waals surface area contributed by atoms with Crippen molar-refractivity contribution >= 4 is 35.0 Å². The molecule has 1 aliphatic rings. The lowest BCUT2D eigenvalue weighted by Gasteiger charge is -2.10. The molecule has 1 aliphatic heterocycles. The van der Waals surface area contributed by atoms with Gasteiger partial charge in [-0.15, -0.1) is 0 Å². The van der Waals surface area contributed by atoms with Crippen molar-refractivity contribution in [3.05, 3.63) is 64.3 Å². The summed E-state index contributed by atoms with van der Waals surface area (Å²) in [6.07, 6.45) is 3.05. The predicted octanol–water partition coefficient (Wildman–Crippen LogP) is 2.91. The zero-order valence-electron chi connectivity index (χ0n) is 14.2. The molecule has 1 saturated heterocycles. The van der Waals surface area contributed by atoms with Crippen LogP contribution >= 0.6 is 23.2 Å². The Kier molecular flexibility index (Phi) is 4.74. The number of halogens is 3. The molecule has 0 unspecified atom stereocenters. The number of nitrogens with zero attached hydrogens (tertiary/aromatic N) is 4. The number of benzene rings is 1. The third kappa shape index (κ3) is 3.44. The fourth-order valence-corrected chi connectivity index (χ4v) is 3.18. The van der Waals surface area contributed by atoms with E-state index in [0.717, 1.165) is 0 Å². The van der Waals surface area contributed by atoms with Gasteiger partial charge < -0.3 is 10.2 Å². The molecule has 7 nitrogen and oxygen atoms in total. The van der Waals surface area contributed by atoms with Crippen molar-refractivity contribution in [3.63, 3.8) is 0 Å². The van der Waals surface area contributed by atoms with Crippen LogP contribution in [0, 0.1) is 5.82 Å². The van der Waals surface area contributed by atoms with E-state index in [1.165, 1.54) is 34.0 Å².